The lowest BCUT2D eigenvalue weighted by Crippen LogP contribution is -2.09. The van der Waals surface area contributed by atoms with Crippen LogP contribution in [0.25, 0.3) is 11.4 Å². The Morgan fingerprint density at radius 2 is 2.20 bits per heavy atom. The molecule has 2 heterocycles. The quantitative estimate of drug-likeness (QED) is 0.799. The van der Waals surface area contributed by atoms with Gasteiger partial charge in [-0.25, -0.2) is 0 Å². The van der Waals surface area contributed by atoms with Gasteiger partial charge in [0.1, 0.15) is 0 Å². The first-order chi connectivity index (χ1) is 9.72. The summed E-state index contributed by atoms with van der Waals surface area (Å²) in [6.45, 7) is 2.95. The van der Waals surface area contributed by atoms with Crippen LogP contribution in [0.15, 0.2) is 16.9 Å². The Bertz CT molecular complexity index is 513. The van der Waals surface area contributed by atoms with E-state index in [9.17, 15) is 0 Å². The molecule has 1 atom stereocenters. The molecule has 2 N–H and O–H groups in total. The smallest absolute Gasteiger partial charge is 0.226 e. The van der Waals surface area contributed by atoms with Gasteiger partial charge in [-0.15, -0.1) is 0 Å². The van der Waals surface area contributed by atoms with Gasteiger partial charge in [-0.2, -0.15) is 10.1 Å². The minimum atomic E-state index is 0.610. The standard InChI is InChI=1S/C14H23N5O/c1-3-4-11(7-8-15)5-6-13-17-14(18-20-13)12-9-16-19(2)10-12/h9-11H,3-8,15H2,1-2H3. The summed E-state index contributed by atoms with van der Waals surface area (Å²) in [7, 11) is 1.87. The molecule has 2 aromatic heterocycles. The molecule has 0 aliphatic carbocycles. The Hall–Kier alpha value is -1.69. The number of rotatable bonds is 8. The second kappa shape index (κ2) is 7.19. The molecule has 0 spiro atoms. The number of nitrogens with two attached hydrogens (primary N) is 1. The summed E-state index contributed by atoms with van der Waals surface area (Å²) < 4.78 is 7.03. The van der Waals surface area contributed by atoms with Gasteiger partial charge in [0, 0.05) is 19.7 Å². The summed E-state index contributed by atoms with van der Waals surface area (Å²) in [4.78, 5) is 4.42. The molecule has 0 aliphatic rings. The van der Waals surface area contributed by atoms with Gasteiger partial charge < -0.3 is 10.3 Å². The number of hydrogen-bond acceptors (Lipinski definition) is 5. The number of nitrogens with zero attached hydrogens (tertiary/aromatic N) is 4. The Morgan fingerprint density at radius 1 is 1.35 bits per heavy atom. The van der Waals surface area contributed by atoms with Crippen molar-refractivity contribution >= 4 is 0 Å². The molecule has 0 fully saturated rings. The summed E-state index contributed by atoms with van der Waals surface area (Å²) in [6.07, 6.45) is 8.96. The van der Waals surface area contributed by atoms with E-state index in [0.29, 0.717) is 17.6 Å². The summed E-state index contributed by atoms with van der Waals surface area (Å²) in [6, 6.07) is 0. The summed E-state index contributed by atoms with van der Waals surface area (Å²) >= 11 is 0. The van der Waals surface area contributed by atoms with E-state index in [2.05, 4.69) is 22.2 Å². The zero-order valence-electron chi connectivity index (χ0n) is 12.2. The highest BCUT2D eigenvalue weighted by Gasteiger charge is 2.13. The lowest BCUT2D eigenvalue weighted by Gasteiger charge is -2.13. The maximum absolute atomic E-state index is 5.65. The molecule has 0 saturated heterocycles. The fraction of sp³-hybridized carbons (Fsp3) is 0.643. The molecule has 6 heteroatoms. The van der Waals surface area contributed by atoms with Crippen molar-refractivity contribution in [1.29, 1.82) is 0 Å². The number of aryl methyl sites for hydroxylation is 2. The van der Waals surface area contributed by atoms with Crippen LogP contribution in [0.4, 0.5) is 0 Å². The second-order valence-electron chi connectivity index (χ2n) is 5.19. The third kappa shape index (κ3) is 3.90. The highest BCUT2D eigenvalue weighted by atomic mass is 16.5. The van der Waals surface area contributed by atoms with E-state index in [1.807, 2.05) is 13.2 Å². The molecule has 2 rings (SSSR count). The zero-order chi connectivity index (χ0) is 14.4. The molecular formula is C14H23N5O. The van der Waals surface area contributed by atoms with Gasteiger partial charge >= 0.3 is 0 Å². The van der Waals surface area contributed by atoms with E-state index in [0.717, 1.165) is 31.4 Å². The lowest BCUT2D eigenvalue weighted by molar-refractivity contribution is 0.349. The third-order valence-electron chi connectivity index (χ3n) is 3.47. The van der Waals surface area contributed by atoms with E-state index in [1.54, 1.807) is 10.9 Å². The largest absolute Gasteiger partial charge is 0.339 e. The van der Waals surface area contributed by atoms with E-state index >= 15 is 0 Å². The van der Waals surface area contributed by atoms with Crippen molar-refractivity contribution in [2.45, 2.75) is 39.0 Å². The first kappa shape index (κ1) is 14.7. The lowest BCUT2D eigenvalue weighted by atomic mass is 9.94. The van der Waals surface area contributed by atoms with Crippen molar-refractivity contribution in [3.8, 4) is 11.4 Å². The Kier molecular flexibility index (Phi) is 5.29. The fourth-order valence-electron chi connectivity index (χ4n) is 2.41. The highest BCUT2D eigenvalue weighted by molar-refractivity contribution is 5.50. The monoisotopic (exact) mass is 277 g/mol. The average Bonchev–Trinajstić information content (AvgIpc) is 3.05. The molecule has 2 aromatic rings. The molecule has 20 heavy (non-hydrogen) atoms. The molecule has 0 saturated carbocycles. The third-order valence-corrected chi connectivity index (χ3v) is 3.47. The van der Waals surface area contributed by atoms with Gasteiger partial charge in [0.2, 0.25) is 11.7 Å². The maximum Gasteiger partial charge on any atom is 0.226 e. The maximum atomic E-state index is 5.65. The van der Waals surface area contributed by atoms with Crippen LogP contribution in [0.2, 0.25) is 0 Å². The molecule has 1 unspecified atom stereocenters. The van der Waals surface area contributed by atoms with Crippen LogP contribution >= 0.6 is 0 Å². The number of aromatic nitrogens is 4. The van der Waals surface area contributed by atoms with Crippen LogP contribution in [-0.2, 0) is 13.5 Å². The van der Waals surface area contributed by atoms with Crippen LogP contribution in [-0.4, -0.2) is 26.5 Å². The van der Waals surface area contributed by atoms with Crippen LogP contribution in [0.5, 0.6) is 0 Å². The van der Waals surface area contributed by atoms with E-state index in [4.69, 9.17) is 10.3 Å². The summed E-state index contributed by atoms with van der Waals surface area (Å²) in [5.41, 5.74) is 6.53. The van der Waals surface area contributed by atoms with Crippen LogP contribution in [0.1, 0.15) is 38.5 Å². The normalized spacial score (nSPS) is 12.8. The zero-order valence-corrected chi connectivity index (χ0v) is 12.2. The topological polar surface area (TPSA) is 82.8 Å². The van der Waals surface area contributed by atoms with Gasteiger partial charge in [0.05, 0.1) is 11.8 Å². The molecule has 0 aliphatic heterocycles. The molecule has 0 bridgehead atoms. The molecule has 0 radical (unpaired) electrons. The second-order valence-corrected chi connectivity index (χ2v) is 5.19. The van der Waals surface area contributed by atoms with Crippen LogP contribution in [0.3, 0.4) is 0 Å². The average molecular weight is 277 g/mol. The van der Waals surface area contributed by atoms with E-state index in [-0.39, 0.29) is 0 Å². The van der Waals surface area contributed by atoms with Crippen molar-refractivity contribution in [3.05, 3.63) is 18.3 Å². The van der Waals surface area contributed by atoms with Crippen molar-refractivity contribution in [3.63, 3.8) is 0 Å². The predicted molar refractivity (Wildman–Crippen MR) is 76.9 cm³/mol. The van der Waals surface area contributed by atoms with Crippen molar-refractivity contribution < 1.29 is 4.52 Å². The van der Waals surface area contributed by atoms with Gasteiger partial charge in [-0.1, -0.05) is 24.9 Å². The fourth-order valence-corrected chi connectivity index (χ4v) is 2.41. The van der Waals surface area contributed by atoms with Gasteiger partial charge in [0.15, 0.2) is 0 Å². The van der Waals surface area contributed by atoms with Gasteiger partial charge in [-0.3, -0.25) is 4.68 Å². The molecule has 0 aromatic carbocycles. The SMILES string of the molecule is CCCC(CCN)CCc1nc(-c2cnn(C)c2)no1. The van der Waals surface area contributed by atoms with E-state index < -0.39 is 0 Å². The Balaban J connectivity index is 1.92. The van der Waals surface area contributed by atoms with Crippen molar-refractivity contribution in [1.82, 2.24) is 19.9 Å². The first-order valence-electron chi connectivity index (χ1n) is 7.24. The minimum Gasteiger partial charge on any atom is -0.339 e. The van der Waals surface area contributed by atoms with Gasteiger partial charge in [0.25, 0.3) is 0 Å². The first-order valence-corrected chi connectivity index (χ1v) is 7.24. The molecule has 0 amide bonds. The van der Waals surface area contributed by atoms with Crippen LogP contribution < -0.4 is 5.73 Å². The molecule has 110 valence electrons. The van der Waals surface area contributed by atoms with Crippen molar-refractivity contribution in [2.75, 3.05) is 6.54 Å². The molecular weight excluding hydrogens is 254 g/mol. The summed E-state index contributed by atoms with van der Waals surface area (Å²) in [5.74, 6) is 1.96. The minimum absolute atomic E-state index is 0.610. The van der Waals surface area contributed by atoms with Crippen molar-refractivity contribution in [2.24, 2.45) is 18.7 Å². The summed E-state index contributed by atoms with van der Waals surface area (Å²) in [5, 5.41) is 8.11. The van der Waals surface area contributed by atoms with Crippen LogP contribution in [0, 0.1) is 5.92 Å². The Morgan fingerprint density at radius 3 is 2.85 bits per heavy atom. The van der Waals surface area contributed by atoms with E-state index in [1.165, 1.54) is 12.8 Å². The predicted octanol–water partition coefficient (Wildman–Crippen LogP) is 2.17. The Labute approximate surface area is 119 Å². The number of hydrogen-bond donors (Lipinski definition) is 1. The highest BCUT2D eigenvalue weighted by Crippen LogP contribution is 2.19. The molecule has 6 nitrogen and oxygen atoms in total. The van der Waals surface area contributed by atoms with Gasteiger partial charge in [-0.05, 0) is 25.3 Å².